The molecule has 0 unspecified atom stereocenters. The molecule has 0 radical (unpaired) electrons. The fourth-order valence-electron chi connectivity index (χ4n) is 2.63. The van der Waals surface area contributed by atoms with E-state index >= 15 is 0 Å². The Kier molecular flexibility index (Phi) is 7.96. The number of carbonyl (C=O) groups is 1. The van der Waals surface area contributed by atoms with E-state index < -0.39 is 0 Å². The van der Waals surface area contributed by atoms with Gasteiger partial charge in [-0.3, -0.25) is 4.79 Å². The topological polar surface area (TPSA) is 59.8 Å². The normalized spacial score (nSPS) is 11.0. The fraction of sp³-hybridized carbons (Fsp3) is 0.286. The van der Waals surface area contributed by atoms with Crippen molar-refractivity contribution in [1.82, 2.24) is 14.8 Å². The van der Waals surface area contributed by atoms with Crippen molar-refractivity contribution in [3.8, 4) is 0 Å². The molecule has 5 nitrogen and oxygen atoms in total. The molecule has 0 spiro atoms. The lowest BCUT2D eigenvalue weighted by Gasteiger charge is -2.10. The number of thioether (sulfide) groups is 2. The first kappa shape index (κ1) is 22.8. The Labute approximate surface area is 192 Å². The zero-order valence-corrected chi connectivity index (χ0v) is 20.1. The van der Waals surface area contributed by atoms with Gasteiger partial charge in [-0.15, -0.1) is 22.0 Å². The van der Waals surface area contributed by atoms with Crippen LogP contribution in [0.4, 0.5) is 10.1 Å². The molecular formula is C21H22BrFN4OS2. The average molecular weight is 509 g/mol. The van der Waals surface area contributed by atoms with Crippen LogP contribution in [-0.2, 0) is 23.3 Å². The van der Waals surface area contributed by atoms with E-state index in [2.05, 4.69) is 31.4 Å². The summed E-state index contributed by atoms with van der Waals surface area (Å²) in [5, 5.41) is 12.1. The van der Waals surface area contributed by atoms with Gasteiger partial charge in [-0.25, -0.2) is 4.39 Å². The largest absolute Gasteiger partial charge is 0.324 e. The van der Waals surface area contributed by atoms with Crippen LogP contribution < -0.4 is 5.32 Å². The van der Waals surface area contributed by atoms with Gasteiger partial charge in [0.15, 0.2) is 5.16 Å². The Balaban J connectivity index is 1.50. The third-order valence-electron chi connectivity index (χ3n) is 4.53. The van der Waals surface area contributed by atoms with Crippen LogP contribution in [0.1, 0.15) is 22.5 Å². The highest BCUT2D eigenvalue weighted by atomic mass is 79.9. The van der Waals surface area contributed by atoms with E-state index in [1.165, 1.54) is 23.9 Å². The van der Waals surface area contributed by atoms with Gasteiger partial charge in [0.2, 0.25) is 5.91 Å². The van der Waals surface area contributed by atoms with Crippen LogP contribution >= 0.6 is 39.5 Å². The van der Waals surface area contributed by atoms with E-state index in [0.29, 0.717) is 10.9 Å². The van der Waals surface area contributed by atoms with Crippen molar-refractivity contribution in [2.45, 2.75) is 30.5 Å². The minimum atomic E-state index is -0.229. The quantitative estimate of drug-likeness (QED) is 0.407. The molecule has 0 atom stereocenters. The van der Waals surface area contributed by atoms with Crippen LogP contribution in [0.5, 0.6) is 0 Å². The second-order valence-electron chi connectivity index (χ2n) is 6.83. The number of amides is 1. The summed E-state index contributed by atoms with van der Waals surface area (Å²) in [5.41, 5.74) is 4.11. The molecule has 158 valence electrons. The number of hydrogen-bond acceptors (Lipinski definition) is 5. The fourth-order valence-corrected chi connectivity index (χ4v) is 4.88. The maximum absolute atomic E-state index is 13.0. The predicted molar refractivity (Wildman–Crippen MR) is 125 cm³/mol. The number of carbonyl (C=O) groups excluding carboxylic acids is 1. The molecule has 0 aliphatic carbocycles. The molecule has 3 rings (SSSR count). The molecule has 0 aliphatic rings. The number of anilines is 1. The van der Waals surface area contributed by atoms with Gasteiger partial charge in [0.1, 0.15) is 11.6 Å². The van der Waals surface area contributed by atoms with Crippen molar-refractivity contribution in [3.63, 3.8) is 0 Å². The number of benzene rings is 2. The number of nitrogens with zero attached hydrogens (tertiary/aromatic N) is 3. The lowest BCUT2D eigenvalue weighted by Crippen LogP contribution is -2.15. The molecule has 3 aromatic rings. The molecule has 0 saturated carbocycles. The number of rotatable bonds is 8. The van der Waals surface area contributed by atoms with Gasteiger partial charge in [0.25, 0.3) is 0 Å². The number of nitrogens with one attached hydrogen (secondary N) is 1. The van der Waals surface area contributed by atoms with E-state index in [1.807, 2.05) is 37.6 Å². The van der Waals surface area contributed by atoms with E-state index in [4.69, 9.17) is 0 Å². The van der Waals surface area contributed by atoms with Crippen LogP contribution in [-0.4, -0.2) is 26.4 Å². The minimum Gasteiger partial charge on any atom is -0.324 e. The van der Waals surface area contributed by atoms with Crippen molar-refractivity contribution in [2.75, 3.05) is 11.1 Å². The van der Waals surface area contributed by atoms with Gasteiger partial charge in [-0.1, -0.05) is 23.9 Å². The number of halogens is 2. The van der Waals surface area contributed by atoms with Crippen molar-refractivity contribution in [2.24, 2.45) is 7.05 Å². The standard InChI is InChI=1S/C21H22BrFN4OS2/c1-13-8-17(22)18(9-14(13)2)24-20(28)12-30-21-26-25-19(27(21)3)11-29-10-15-4-6-16(23)7-5-15/h4-9H,10-12H2,1-3H3,(H,24,28). The van der Waals surface area contributed by atoms with E-state index in [-0.39, 0.29) is 17.5 Å². The van der Waals surface area contributed by atoms with E-state index in [9.17, 15) is 9.18 Å². The van der Waals surface area contributed by atoms with Crippen molar-refractivity contribution >= 4 is 51.0 Å². The zero-order chi connectivity index (χ0) is 21.7. The van der Waals surface area contributed by atoms with Crippen LogP contribution in [0.15, 0.2) is 46.0 Å². The first-order valence-electron chi connectivity index (χ1n) is 9.23. The Morgan fingerprint density at radius 3 is 2.57 bits per heavy atom. The van der Waals surface area contributed by atoms with Crippen LogP contribution in [0.3, 0.4) is 0 Å². The van der Waals surface area contributed by atoms with Gasteiger partial charge < -0.3 is 9.88 Å². The third-order valence-corrected chi connectivity index (χ3v) is 7.20. The van der Waals surface area contributed by atoms with Crippen molar-refractivity contribution < 1.29 is 9.18 Å². The van der Waals surface area contributed by atoms with Crippen LogP contribution in [0.25, 0.3) is 0 Å². The Morgan fingerprint density at radius 1 is 1.13 bits per heavy atom. The monoisotopic (exact) mass is 508 g/mol. The van der Waals surface area contributed by atoms with Crippen molar-refractivity contribution in [3.05, 3.63) is 69.2 Å². The first-order chi connectivity index (χ1) is 14.3. The molecule has 0 aliphatic heterocycles. The van der Waals surface area contributed by atoms with Gasteiger partial charge in [0, 0.05) is 17.3 Å². The molecule has 0 bridgehead atoms. The molecule has 1 aromatic heterocycles. The predicted octanol–water partition coefficient (Wildman–Crippen LogP) is 5.50. The highest BCUT2D eigenvalue weighted by Crippen LogP contribution is 2.27. The Morgan fingerprint density at radius 2 is 1.83 bits per heavy atom. The van der Waals surface area contributed by atoms with Gasteiger partial charge in [-0.2, -0.15) is 0 Å². The maximum atomic E-state index is 13.0. The first-order valence-corrected chi connectivity index (χ1v) is 12.2. The molecule has 0 fully saturated rings. The second-order valence-corrected chi connectivity index (χ2v) is 9.61. The Bertz CT molecular complexity index is 1040. The summed E-state index contributed by atoms with van der Waals surface area (Å²) in [6, 6.07) is 10.5. The summed E-state index contributed by atoms with van der Waals surface area (Å²) in [4.78, 5) is 12.4. The maximum Gasteiger partial charge on any atom is 0.234 e. The lowest BCUT2D eigenvalue weighted by molar-refractivity contribution is -0.113. The third kappa shape index (κ3) is 6.09. The average Bonchev–Trinajstić information content (AvgIpc) is 3.06. The number of aromatic nitrogens is 3. The smallest absolute Gasteiger partial charge is 0.234 e. The van der Waals surface area contributed by atoms with Gasteiger partial charge >= 0.3 is 0 Å². The Hall–Kier alpha value is -1.84. The molecule has 0 saturated heterocycles. The molecule has 9 heteroatoms. The summed E-state index contributed by atoms with van der Waals surface area (Å²) in [7, 11) is 1.90. The molecular weight excluding hydrogens is 487 g/mol. The molecule has 1 N–H and O–H groups in total. The number of hydrogen-bond donors (Lipinski definition) is 1. The highest BCUT2D eigenvalue weighted by molar-refractivity contribution is 9.10. The molecule has 30 heavy (non-hydrogen) atoms. The summed E-state index contributed by atoms with van der Waals surface area (Å²) in [5.74, 6) is 2.20. The van der Waals surface area contributed by atoms with Gasteiger partial charge in [-0.05, 0) is 70.7 Å². The van der Waals surface area contributed by atoms with Crippen molar-refractivity contribution in [1.29, 1.82) is 0 Å². The minimum absolute atomic E-state index is 0.0980. The zero-order valence-electron chi connectivity index (χ0n) is 16.9. The highest BCUT2D eigenvalue weighted by Gasteiger charge is 2.13. The summed E-state index contributed by atoms with van der Waals surface area (Å²) >= 11 is 6.53. The second kappa shape index (κ2) is 10.5. The van der Waals surface area contributed by atoms with Crippen LogP contribution in [0.2, 0.25) is 0 Å². The molecule has 1 heterocycles. The van der Waals surface area contributed by atoms with E-state index in [1.54, 1.807) is 23.9 Å². The molecule has 2 aromatic carbocycles. The summed E-state index contributed by atoms with van der Waals surface area (Å²) in [6.45, 7) is 4.05. The summed E-state index contributed by atoms with van der Waals surface area (Å²) in [6.07, 6.45) is 0. The van der Waals surface area contributed by atoms with Crippen LogP contribution in [0, 0.1) is 19.7 Å². The molecule has 1 amide bonds. The number of aryl methyl sites for hydroxylation is 2. The summed E-state index contributed by atoms with van der Waals surface area (Å²) < 4.78 is 15.7. The lowest BCUT2D eigenvalue weighted by atomic mass is 10.1. The van der Waals surface area contributed by atoms with E-state index in [0.717, 1.165) is 38.4 Å². The SMILES string of the molecule is Cc1cc(Br)c(NC(=O)CSc2nnc(CSCc3ccc(F)cc3)n2C)cc1C. The van der Waals surface area contributed by atoms with Gasteiger partial charge in [0.05, 0.1) is 17.2 Å².